The zero-order valence-electron chi connectivity index (χ0n) is 11.6. The second-order valence-electron chi connectivity index (χ2n) is 5.60. The maximum absolute atomic E-state index is 12.9. The minimum absolute atomic E-state index is 0.0662. The Morgan fingerprint density at radius 2 is 2.30 bits per heavy atom. The topological polar surface area (TPSA) is 49.4 Å². The summed E-state index contributed by atoms with van der Waals surface area (Å²) in [5.74, 6) is 0.988. The fourth-order valence-corrected chi connectivity index (χ4v) is 5.13. The molecule has 0 unspecified atom stereocenters. The van der Waals surface area contributed by atoms with E-state index >= 15 is 0 Å². The molecule has 0 saturated carbocycles. The SMILES string of the molecule is CC1(C)C(=O)NCCN1C(=O)[C@H]1SCCc2sccc21. The first kappa shape index (κ1) is 13.9. The van der Waals surface area contributed by atoms with Crippen molar-refractivity contribution >= 4 is 34.9 Å². The van der Waals surface area contributed by atoms with Gasteiger partial charge in [0.15, 0.2) is 0 Å². The average Bonchev–Trinajstić information content (AvgIpc) is 2.89. The monoisotopic (exact) mass is 310 g/mol. The van der Waals surface area contributed by atoms with E-state index < -0.39 is 5.54 Å². The highest BCUT2D eigenvalue weighted by Gasteiger charge is 2.43. The molecule has 1 aromatic heterocycles. The molecule has 2 aliphatic rings. The van der Waals surface area contributed by atoms with Gasteiger partial charge in [0.05, 0.1) is 0 Å². The van der Waals surface area contributed by atoms with Crippen LogP contribution in [0.2, 0.25) is 0 Å². The number of rotatable bonds is 1. The van der Waals surface area contributed by atoms with Gasteiger partial charge in [0.1, 0.15) is 10.8 Å². The molecule has 1 aromatic rings. The van der Waals surface area contributed by atoms with E-state index in [0.717, 1.165) is 17.7 Å². The minimum Gasteiger partial charge on any atom is -0.352 e. The molecule has 1 atom stereocenters. The largest absolute Gasteiger partial charge is 0.352 e. The van der Waals surface area contributed by atoms with Gasteiger partial charge in [-0.15, -0.1) is 23.1 Å². The van der Waals surface area contributed by atoms with Crippen LogP contribution in [0.4, 0.5) is 0 Å². The highest BCUT2D eigenvalue weighted by atomic mass is 32.2. The van der Waals surface area contributed by atoms with Crippen LogP contribution >= 0.6 is 23.1 Å². The van der Waals surface area contributed by atoms with Crippen molar-refractivity contribution in [1.82, 2.24) is 10.2 Å². The molecule has 1 N–H and O–H groups in total. The number of amides is 2. The number of hydrogen-bond acceptors (Lipinski definition) is 4. The van der Waals surface area contributed by atoms with Crippen molar-refractivity contribution in [3.63, 3.8) is 0 Å². The number of fused-ring (bicyclic) bond motifs is 1. The number of thioether (sulfide) groups is 1. The van der Waals surface area contributed by atoms with Crippen molar-refractivity contribution in [3.05, 3.63) is 21.9 Å². The Kier molecular flexibility index (Phi) is 3.54. The summed E-state index contributed by atoms with van der Waals surface area (Å²) in [5.41, 5.74) is 0.391. The van der Waals surface area contributed by atoms with Gasteiger partial charge in [-0.05, 0) is 43.0 Å². The molecule has 3 heterocycles. The van der Waals surface area contributed by atoms with E-state index in [2.05, 4.69) is 16.8 Å². The van der Waals surface area contributed by atoms with Gasteiger partial charge in [-0.1, -0.05) is 0 Å². The summed E-state index contributed by atoms with van der Waals surface area (Å²) in [4.78, 5) is 28.0. The maximum atomic E-state index is 12.9. The number of nitrogens with one attached hydrogen (secondary N) is 1. The molecule has 4 nitrogen and oxygen atoms in total. The Bertz CT molecular complexity index is 553. The summed E-state index contributed by atoms with van der Waals surface area (Å²) in [7, 11) is 0. The highest BCUT2D eigenvalue weighted by molar-refractivity contribution is 8.00. The van der Waals surface area contributed by atoms with Crippen LogP contribution in [0.15, 0.2) is 11.4 Å². The van der Waals surface area contributed by atoms with Crippen molar-refractivity contribution in [2.24, 2.45) is 0 Å². The van der Waals surface area contributed by atoms with Crippen LogP contribution in [0.5, 0.6) is 0 Å². The zero-order valence-corrected chi connectivity index (χ0v) is 13.3. The van der Waals surface area contributed by atoms with Gasteiger partial charge in [-0.3, -0.25) is 9.59 Å². The molecule has 0 aromatic carbocycles. The number of aryl methyl sites for hydroxylation is 1. The molecule has 2 amide bonds. The van der Waals surface area contributed by atoms with Gasteiger partial charge >= 0.3 is 0 Å². The van der Waals surface area contributed by atoms with E-state index in [0.29, 0.717) is 13.1 Å². The predicted octanol–water partition coefficient (Wildman–Crippen LogP) is 1.82. The minimum atomic E-state index is -0.760. The molecule has 20 heavy (non-hydrogen) atoms. The second-order valence-corrected chi connectivity index (χ2v) is 7.82. The fourth-order valence-electron chi connectivity index (χ4n) is 2.78. The molecule has 108 valence electrons. The van der Waals surface area contributed by atoms with Gasteiger partial charge in [0.2, 0.25) is 11.8 Å². The van der Waals surface area contributed by atoms with E-state index in [1.807, 2.05) is 13.8 Å². The summed E-state index contributed by atoms with van der Waals surface area (Å²) in [5, 5.41) is 4.75. The van der Waals surface area contributed by atoms with Crippen LogP contribution in [0.1, 0.15) is 29.5 Å². The fraction of sp³-hybridized carbons (Fsp3) is 0.571. The molecule has 0 aliphatic carbocycles. The van der Waals surface area contributed by atoms with Crippen LogP contribution in [-0.2, 0) is 16.0 Å². The zero-order chi connectivity index (χ0) is 14.3. The van der Waals surface area contributed by atoms with Crippen LogP contribution in [0.3, 0.4) is 0 Å². The summed E-state index contributed by atoms with van der Waals surface area (Å²) in [6, 6.07) is 2.06. The molecule has 0 spiro atoms. The second kappa shape index (κ2) is 5.07. The standard InChI is InChI=1S/C14H18N2O2S2/c1-14(2)13(18)15-5-6-16(14)12(17)11-9-3-7-19-10(9)4-8-20-11/h3,7,11H,4-6,8H2,1-2H3,(H,15,18)/t11-/m0/s1. The molecule has 3 rings (SSSR count). The number of piperazine rings is 1. The van der Waals surface area contributed by atoms with E-state index in [-0.39, 0.29) is 17.1 Å². The van der Waals surface area contributed by atoms with Gasteiger partial charge in [0.25, 0.3) is 0 Å². The smallest absolute Gasteiger partial charge is 0.245 e. The van der Waals surface area contributed by atoms with E-state index in [9.17, 15) is 9.59 Å². The third-order valence-electron chi connectivity index (χ3n) is 4.02. The first-order chi connectivity index (χ1) is 9.51. The van der Waals surface area contributed by atoms with Crippen molar-refractivity contribution in [2.45, 2.75) is 31.1 Å². The third-order valence-corrected chi connectivity index (χ3v) is 6.24. The molecular weight excluding hydrogens is 292 g/mol. The number of carbonyl (C=O) groups excluding carboxylic acids is 2. The van der Waals surface area contributed by atoms with Crippen molar-refractivity contribution < 1.29 is 9.59 Å². The van der Waals surface area contributed by atoms with Crippen molar-refractivity contribution in [1.29, 1.82) is 0 Å². The first-order valence-electron chi connectivity index (χ1n) is 6.79. The van der Waals surface area contributed by atoms with Crippen molar-refractivity contribution in [3.8, 4) is 0 Å². The Morgan fingerprint density at radius 1 is 1.50 bits per heavy atom. The van der Waals surface area contributed by atoms with E-state index in [1.54, 1.807) is 28.0 Å². The van der Waals surface area contributed by atoms with E-state index in [4.69, 9.17) is 0 Å². The van der Waals surface area contributed by atoms with Crippen LogP contribution in [0, 0.1) is 0 Å². The Balaban J connectivity index is 1.89. The summed E-state index contributed by atoms with van der Waals surface area (Å²) in [6.45, 7) is 4.78. The molecular formula is C14H18N2O2S2. The molecule has 0 radical (unpaired) electrons. The number of hydrogen-bond donors (Lipinski definition) is 1. The predicted molar refractivity (Wildman–Crippen MR) is 82.0 cm³/mol. The third kappa shape index (κ3) is 2.15. The Labute approximate surface area is 126 Å². The quantitative estimate of drug-likeness (QED) is 0.861. The lowest BCUT2D eigenvalue weighted by molar-refractivity contribution is -0.148. The lowest BCUT2D eigenvalue weighted by atomic mass is 9.97. The summed E-state index contributed by atoms with van der Waals surface area (Å²) in [6.07, 6.45) is 1.05. The molecule has 1 fully saturated rings. The Hall–Kier alpha value is -1.01. The number of thiophene rings is 1. The molecule has 0 bridgehead atoms. The van der Waals surface area contributed by atoms with Crippen LogP contribution < -0.4 is 5.32 Å². The maximum Gasteiger partial charge on any atom is 0.245 e. The van der Waals surface area contributed by atoms with Gasteiger partial charge in [-0.2, -0.15) is 0 Å². The van der Waals surface area contributed by atoms with Gasteiger partial charge < -0.3 is 10.2 Å². The lowest BCUT2D eigenvalue weighted by Gasteiger charge is -2.43. The molecule has 6 heteroatoms. The van der Waals surface area contributed by atoms with Crippen molar-refractivity contribution in [2.75, 3.05) is 18.8 Å². The lowest BCUT2D eigenvalue weighted by Crippen LogP contribution is -2.64. The first-order valence-corrected chi connectivity index (χ1v) is 8.72. The molecule has 1 saturated heterocycles. The summed E-state index contributed by atoms with van der Waals surface area (Å²) >= 11 is 3.43. The van der Waals surface area contributed by atoms with Gasteiger partial charge in [0, 0.05) is 18.0 Å². The van der Waals surface area contributed by atoms with Crippen LogP contribution in [-0.4, -0.2) is 41.1 Å². The normalized spacial score (nSPS) is 25.0. The van der Waals surface area contributed by atoms with Crippen LogP contribution in [0.25, 0.3) is 0 Å². The summed E-state index contributed by atoms with van der Waals surface area (Å²) < 4.78 is 0. The highest BCUT2D eigenvalue weighted by Crippen LogP contribution is 2.41. The average molecular weight is 310 g/mol. The number of nitrogens with zero attached hydrogens (tertiary/aromatic N) is 1. The van der Waals surface area contributed by atoms with E-state index in [1.165, 1.54) is 4.88 Å². The molecule has 2 aliphatic heterocycles. The Morgan fingerprint density at radius 3 is 3.10 bits per heavy atom. The number of carbonyl (C=O) groups is 2. The van der Waals surface area contributed by atoms with Gasteiger partial charge in [-0.25, -0.2) is 0 Å².